The van der Waals surface area contributed by atoms with Gasteiger partial charge >= 0.3 is 0 Å². The van der Waals surface area contributed by atoms with Gasteiger partial charge in [-0.05, 0) is 47.5 Å². The van der Waals surface area contributed by atoms with Crippen molar-refractivity contribution in [3.63, 3.8) is 0 Å². The van der Waals surface area contributed by atoms with E-state index in [9.17, 15) is 14.0 Å². The van der Waals surface area contributed by atoms with Gasteiger partial charge in [-0.2, -0.15) is 0 Å². The number of amides is 2. The van der Waals surface area contributed by atoms with E-state index in [2.05, 4.69) is 13.8 Å². The van der Waals surface area contributed by atoms with Gasteiger partial charge in [-0.3, -0.25) is 9.59 Å². The lowest BCUT2D eigenvalue weighted by atomic mass is 9.87. The Hall–Kier alpha value is -2.40. The summed E-state index contributed by atoms with van der Waals surface area (Å²) < 4.78 is 13.4. The molecule has 2 aromatic rings. The number of anilines is 2. The Morgan fingerprint density at radius 1 is 1.19 bits per heavy atom. The summed E-state index contributed by atoms with van der Waals surface area (Å²) in [5.41, 5.74) is 2.87. The molecular formula is C20H18ClFN2O2. The number of benzene rings is 2. The van der Waals surface area contributed by atoms with Gasteiger partial charge in [0.1, 0.15) is 12.4 Å². The molecule has 6 heteroatoms. The van der Waals surface area contributed by atoms with Crippen molar-refractivity contribution in [2.45, 2.75) is 25.7 Å². The van der Waals surface area contributed by atoms with Crippen molar-refractivity contribution in [3.05, 3.63) is 58.4 Å². The number of halogens is 2. The second-order valence-electron chi connectivity index (χ2n) is 7.45. The first kappa shape index (κ1) is 17.0. The fraction of sp³-hybridized carbons (Fsp3) is 0.300. The molecule has 0 aromatic heterocycles. The number of carbonyl (C=O) groups is 2. The van der Waals surface area contributed by atoms with Crippen molar-refractivity contribution >= 4 is 34.8 Å². The molecule has 26 heavy (non-hydrogen) atoms. The Kier molecular flexibility index (Phi) is 3.81. The number of rotatable bonds is 2. The van der Waals surface area contributed by atoms with Crippen molar-refractivity contribution in [1.29, 1.82) is 0 Å². The lowest BCUT2D eigenvalue weighted by Crippen LogP contribution is -2.42. The lowest BCUT2D eigenvalue weighted by Gasteiger charge is -2.24. The third-order valence-corrected chi connectivity index (χ3v) is 5.34. The van der Waals surface area contributed by atoms with E-state index in [1.54, 1.807) is 17.0 Å². The quantitative estimate of drug-likeness (QED) is 0.806. The Bertz CT molecular complexity index is 941. The minimum atomic E-state index is -0.378. The van der Waals surface area contributed by atoms with Crippen molar-refractivity contribution in [2.24, 2.45) is 0 Å². The molecule has 4 nitrogen and oxygen atoms in total. The summed E-state index contributed by atoms with van der Waals surface area (Å²) in [5, 5.41) is 0.636. The number of carbonyl (C=O) groups excluding carboxylic acids is 2. The predicted molar refractivity (Wildman–Crippen MR) is 99.3 cm³/mol. The zero-order valence-electron chi connectivity index (χ0n) is 14.6. The molecular weight excluding hydrogens is 355 g/mol. The maximum atomic E-state index is 13.4. The third kappa shape index (κ3) is 2.67. The molecule has 2 aliphatic heterocycles. The summed E-state index contributed by atoms with van der Waals surface area (Å²) in [6, 6.07) is 9.73. The monoisotopic (exact) mass is 372 g/mol. The topological polar surface area (TPSA) is 40.6 Å². The average Bonchev–Trinajstić information content (AvgIpc) is 3.01. The molecule has 0 saturated carbocycles. The summed E-state index contributed by atoms with van der Waals surface area (Å²) in [4.78, 5) is 28.5. The fourth-order valence-electron chi connectivity index (χ4n) is 3.82. The summed E-state index contributed by atoms with van der Waals surface area (Å²) >= 11 is 6.12. The maximum Gasteiger partial charge on any atom is 0.247 e. The number of nitrogens with zero attached hydrogens (tertiary/aromatic N) is 2. The van der Waals surface area contributed by atoms with Crippen molar-refractivity contribution < 1.29 is 14.0 Å². The van der Waals surface area contributed by atoms with Crippen LogP contribution >= 0.6 is 11.6 Å². The molecule has 0 fully saturated rings. The van der Waals surface area contributed by atoms with Crippen molar-refractivity contribution in [1.82, 2.24) is 0 Å². The molecule has 0 atom stereocenters. The minimum absolute atomic E-state index is 0.0599. The summed E-state index contributed by atoms with van der Waals surface area (Å²) in [7, 11) is 0. The van der Waals surface area contributed by atoms with E-state index in [1.165, 1.54) is 17.0 Å². The van der Waals surface area contributed by atoms with Gasteiger partial charge in [0, 0.05) is 28.4 Å². The Morgan fingerprint density at radius 3 is 2.69 bits per heavy atom. The van der Waals surface area contributed by atoms with Crippen molar-refractivity contribution in [3.8, 4) is 0 Å². The first-order valence-corrected chi connectivity index (χ1v) is 8.83. The SMILES string of the molecule is CC1(C)CN(C(=O)CN2C(=O)Cc3cc(F)ccc32)c2ccc(Cl)cc21. The van der Waals surface area contributed by atoms with Crippen LogP contribution in [0.3, 0.4) is 0 Å². The second kappa shape index (κ2) is 5.81. The summed E-state index contributed by atoms with van der Waals surface area (Å²) in [6.07, 6.45) is 0.123. The highest BCUT2D eigenvalue weighted by Crippen LogP contribution is 2.42. The van der Waals surface area contributed by atoms with E-state index in [1.807, 2.05) is 12.1 Å². The molecule has 4 rings (SSSR count). The molecule has 0 bridgehead atoms. The van der Waals surface area contributed by atoms with Gasteiger partial charge in [-0.1, -0.05) is 25.4 Å². The molecule has 0 aliphatic carbocycles. The van der Waals surface area contributed by atoms with Crippen LogP contribution < -0.4 is 9.80 Å². The van der Waals surface area contributed by atoms with Gasteiger partial charge in [-0.15, -0.1) is 0 Å². The standard InChI is InChI=1S/C20H18ClFN2O2/c1-20(2)11-24(17-5-3-13(21)9-15(17)20)19(26)10-23-16-6-4-14(22)7-12(16)8-18(23)25/h3-7,9H,8,10-11H2,1-2H3. The van der Waals surface area contributed by atoms with E-state index in [-0.39, 0.29) is 36.0 Å². The van der Waals surface area contributed by atoms with Crippen LogP contribution in [0.25, 0.3) is 0 Å². The molecule has 0 radical (unpaired) electrons. The second-order valence-corrected chi connectivity index (χ2v) is 7.89. The van der Waals surface area contributed by atoms with Crippen LogP contribution in [0.15, 0.2) is 36.4 Å². The zero-order chi connectivity index (χ0) is 18.6. The molecule has 0 N–H and O–H groups in total. The van der Waals surface area contributed by atoms with Crippen molar-refractivity contribution in [2.75, 3.05) is 22.9 Å². The van der Waals surface area contributed by atoms with Gasteiger partial charge in [-0.25, -0.2) is 4.39 Å². The molecule has 2 aromatic carbocycles. The van der Waals surface area contributed by atoms with E-state index >= 15 is 0 Å². The Labute approximate surface area is 156 Å². The molecule has 2 aliphatic rings. The number of hydrogen-bond acceptors (Lipinski definition) is 2. The van der Waals surface area contributed by atoms with Gasteiger partial charge in [0.05, 0.1) is 6.42 Å². The van der Waals surface area contributed by atoms with Crippen LogP contribution in [0.4, 0.5) is 15.8 Å². The Balaban J connectivity index is 1.62. The number of hydrogen-bond donors (Lipinski definition) is 0. The van der Waals surface area contributed by atoms with Crippen LogP contribution in [-0.4, -0.2) is 24.9 Å². The maximum absolute atomic E-state index is 13.4. The van der Waals surface area contributed by atoms with Crippen LogP contribution in [0.1, 0.15) is 25.0 Å². The highest BCUT2D eigenvalue weighted by Gasteiger charge is 2.39. The van der Waals surface area contributed by atoms with E-state index in [0.717, 1.165) is 11.3 Å². The van der Waals surface area contributed by atoms with E-state index < -0.39 is 0 Å². The highest BCUT2D eigenvalue weighted by atomic mass is 35.5. The van der Waals surface area contributed by atoms with Gasteiger partial charge < -0.3 is 9.80 Å². The minimum Gasteiger partial charge on any atom is -0.310 e. The van der Waals surface area contributed by atoms with Crippen LogP contribution in [0, 0.1) is 5.82 Å². The molecule has 2 amide bonds. The van der Waals surface area contributed by atoms with E-state index in [0.29, 0.717) is 22.8 Å². The molecule has 0 spiro atoms. The van der Waals surface area contributed by atoms with Crippen LogP contribution in [0.2, 0.25) is 5.02 Å². The number of fused-ring (bicyclic) bond motifs is 2. The largest absolute Gasteiger partial charge is 0.310 e. The molecule has 2 heterocycles. The Morgan fingerprint density at radius 2 is 1.92 bits per heavy atom. The third-order valence-electron chi connectivity index (χ3n) is 5.10. The van der Waals surface area contributed by atoms with Gasteiger partial charge in [0.25, 0.3) is 0 Å². The highest BCUT2D eigenvalue weighted by molar-refractivity contribution is 6.30. The van der Waals surface area contributed by atoms with E-state index in [4.69, 9.17) is 11.6 Å². The predicted octanol–water partition coefficient (Wildman–Crippen LogP) is 3.69. The smallest absolute Gasteiger partial charge is 0.247 e. The van der Waals surface area contributed by atoms with Crippen LogP contribution in [-0.2, 0) is 21.4 Å². The lowest BCUT2D eigenvalue weighted by molar-refractivity contribution is -0.121. The first-order valence-electron chi connectivity index (χ1n) is 8.45. The zero-order valence-corrected chi connectivity index (χ0v) is 15.3. The normalized spacial score (nSPS) is 17.5. The first-order chi connectivity index (χ1) is 12.3. The summed E-state index contributed by atoms with van der Waals surface area (Å²) in [6.45, 7) is 4.60. The molecule has 0 saturated heterocycles. The van der Waals surface area contributed by atoms with Gasteiger partial charge in [0.15, 0.2) is 0 Å². The average molecular weight is 373 g/mol. The fourth-order valence-corrected chi connectivity index (χ4v) is 3.99. The summed E-state index contributed by atoms with van der Waals surface area (Å²) in [5.74, 6) is -0.727. The van der Waals surface area contributed by atoms with Crippen LogP contribution in [0.5, 0.6) is 0 Å². The molecule has 0 unspecified atom stereocenters. The van der Waals surface area contributed by atoms with Gasteiger partial charge in [0.2, 0.25) is 11.8 Å². The molecule has 134 valence electrons.